The van der Waals surface area contributed by atoms with Crippen molar-refractivity contribution in [3.8, 4) is 0 Å². The van der Waals surface area contributed by atoms with E-state index in [1.165, 1.54) is 6.42 Å². The Kier molecular flexibility index (Phi) is 5.25. The standard InChI is InChI=1S/C14H17Br2NO/c15-8-7-11-4-3-9-17(10-11)14(18)12-5-1-2-6-13(12)16/h1-2,5-6,11H,3-4,7-10H2. The highest BCUT2D eigenvalue weighted by Crippen LogP contribution is 2.24. The fourth-order valence-electron chi connectivity index (χ4n) is 2.44. The first-order valence-electron chi connectivity index (χ1n) is 6.32. The molecule has 0 aromatic heterocycles. The van der Waals surface area contributed by atoms with Gasteiger partial charge in [0, 0.05) is 22.9 Å². The van der Waals surface area contributed by atoms with Crippen molar-refractivity contribution in [1.29, 1.82) is 0 Å². The molecule has 0 spiro atoms. The molecule has 0 saturated carbocycles. The third kappa shape index (κ3) is 3.35. The van der Waals surface area contributed by atoms with E-state index >= 15 is 0 Å². The van der Waals surface area contributed by atoms with E-state index < -0.39 is 0 Å². The number of likely N-dealkylation sites (tertiary alicyclic amines) is 1. The van der Waals surface area contributed by atoms with Crippen LogP contribution in [0.3, 0.4) is 0 Å². The van der Waals surface area contributed by atoms with Crippen LogP contribution in [0.5, 0.6) is 0 Å². The molecule has 1 unspecified atom stereocenters. The predicted molar refractivity (Wildman–Crippen MR) is 81.2 cm³/mol. The van der Waals surface area contributed by atoms with Crippen molar-refractivity contribution in [3.05, 3.63) is 34.3 Å². The molecule has 0 bridgehead atoms. The number of hydrogen-bond donors (Lipinski definition) is 0. The van der Waals surface area contributed by atoms with Crippen molar-refractivity contribution in [1.82, 2.24) is 4.90 Å². The van der Waals surface area contributed by atoms with Gasteiger partial charge in [-0.15, -0.1) is 0 Å². The molecule has 1 aromatic rings. The Labute approximate surface area is 125 Å². The number of halogens is 2. The second-order valence-corrected chi connectivity index (χ2v) is 6.36. The molecule has 18 heavy (non-hydrogen) atoms. The molecular weight excluding hydrogens is 358 g/mol. The molecule has 4 heteroatoms. The maximum absolute atomic E-state index is 12.5. The van der Waals surface area contributed by atoms with Crippen LogP contribution in [-0.4, -0.2) is 29.2 Å². The molecule has 0 N–H and O–H groups in total. The summed E-state index contributed by atoms with van der Waals surface area (Å²) in [6.07, 6.45) is 3.51. The van der Waals surface area contributed by atoms with E-state index in [4.69, 9.17) is 0 Å². The average molecular weight is 375 g/mol. The molecule has 98 valence electrons. The second-order valence-electron chi connectivity index (χ2n) is 4.72. The first kappa shape index (κ1) is 14.1. The van der Waals surface area contributed by atoms with Crippen LogP contribution in [0, 0.1) is 5.92 Å². The van der Waals surface area contributed by atoms with E-state index in [0.29, 0.717) is 5.92 Å². The number of nitrogens with zero attached hydrogens (tertiary/aromatic N) is 1. The lowest BCUT2D eigenvalue weighted by Crippen LogP contribution is -2.40. The lowest BCUT2D eigenvalue weighted by Gasteiger charge is -2.32. The van der Waals surface area contributed by atoms with Crippen LogP contribution in [-0.2, 0) is 0 Å². The summed E-state index contributed by atoms with van der Waals surface area (Å²) >= 11 is 6.94. The van der Waals surface area contributed by atoms with Crippen molar-refractivity contribution in [2.24, 2.45) is 5.92 Å². The average Bonchev–Trinajstić information content (AvgIpc) is 2.39. The summed E-state index contributed by atoms with van der Waals surface area (Å²) in [4.78, 5) is 14.5. The molecule has 1 aliphatic heterocycles. The van der Waals surface area contributed by atoms with Gasteiger partial charge in [0.15, 0.2) is 0 Å². The number of carbonyl (C=O) groups excluding carboxylic acids is 1. The predicted octanol–water partition coefficient (Wildman–Crippen LogP) is 4.09. The molecule has 0 aliphatic carbocycles. The van der Waals surface area contributed by atoms with Gasteiger partial charge in [0.05, 0.1) is 5.56 Å². The van der Waals surface area contributed by atoms with Crippen LogP contribution in [0.4, 0.5) is 0 Å². The van der Waals surface area contributed by atoms with Gasteiger partial charge in [-0.25, -0.2) is 0 Å². The summed E-state index contributed by atoms with van der Waals surface area (Å²) in [5.41, 5.74) is 0.775. The monoisotopic (exact) mass is 373 g/mol. The maximum Gasteiger partial charge on any atom is 0.255 e. The molecule has 1 heterocycles. The van der Waals surface area contributed by atoms with Crippen LogP contribution >= 0.6 is 31.9 Å². The Bertz CT molecular complexity index is 420. The number of benzene rings is 1. The topological polar surface area (TPSA) is 20.3 Å². The minimum atomic E-state index is 0.154. The van der Waals surface area contributed by atoms with E-state index in [9.17, 15) is 4.79 Å². The quantitative estimate of drug-likeness (QED) is 0.729. The molecule has 1 aromatic carbocycles. The smallest absolute Gasteiger partial charge is 0.255 e. The van der Waals surface area contributed by atoms with Gasteiger partial charge < -0.3 is 4.90 Å². The van der Waals surface area contributed by atoms with Crippen LogP contribution < -0.4 is 0 Å². The second kappa shape index (κ2) is 6.71. The Morgan fingerprint density at radius 3 is 2.89 bits per heavy atom. The Balaban J connectivity index is 2.07. The van der Waals surface area contributed by atoms with Crippen molar-refractivity contribution in [2.45, 2.75) is 19.3 Å². The number of piperidine rings is 1. The van der Waals surface area contributed by atoms with Crippen LogP contribution in [0.2, 0.25) is 0 Å². The molecule has 1 atom stereocenters. The highest BCUT2D eigenvalue weighted by Gasteiger charge is 2.24. The van der Waals surface area contributed by atoms with Crippen molar-refractivity contribution < 1.29 is 4.79 Å². The summed E-state index contributed by atoms with van der Waals surface area (Å²) in [6, 6.07) is 7.66. The van der Waals surface area contributed by atoms with E-state index in [1.54, 1.807) is 0 Å². The number of amides is 1. The summed E-state index contributed by atoms with van der Waals surface area (Å²) in [6.45, 7) is 1.78. The zero-order valence-corrected chi connectivity index (χ0v) is 13.4. The van der Waals surface area contributed by atoms with Gasteiger partial charge in [0.1, 0.15) is 0 Å². The Hall–Kier alpha value is -0.350. The fraction of sp³-hybridized carbons (Fsp3) is 0.500. The molecule has 1 aliphatic rings. The lowest BCUT2D eigenvalue weighted by molar-refractivity contribution is 0.0671. The Morgan fingerprint density at radius 1 is 1.39 bits per heavy atom. The summed E-state index contributed by atoms with van der Waals surface area (Å²) < 4.78 is 0.887. The van der Waals surface area contributed by atoms with Gasteiger partial charge in [-0.2, -0.15) is 0 Å². The molecular formula is C14H17Br2NO. The van der Waals surface area contributed by atoms with Crippen molar-refractivity contribution in [2.75, 3.05) is 18.4 Å². The zero-order valence-electron chi connectivity index (χ0n) is 10.2. The highest BCUT2D eigenvalue weighted by molar-refractivity contribution is 9.10. The molecule has 2 nitrogen and oxygen atoms in total. The minimum absolute atomic E-state index is 0.154. The Morgan fingerprint density at radius 2 is 2.17 bits per heavy atom. The molecule has 1 amide bonds. The molecule has 2 rings (SSSR count). The van der Waals surface area contributed by atoms with Gasteiger partial charge in [0.25, 0.3) is 5.91 Å². The summed E-state index contributed by atoms with van der Waals surface area (Å²) in [7, 11) is 0. The lowest BCUT2D eigenvalue weighted by atomic mass is 9.95. The highest BCUT2D eigenvalue weighted by atomic mass is 79.9. The number of rotatable bonds is 3. The van der Waals surface area contributed by atoms with Crippen LogP contribution in [0.25, 0.3) is 0 Å². The van der Waals surface area contributed by atoms with Crippen LogP contribution in [0.1, 0.15) is 29.6 Å². The van der Waals surface area contributed by atoms with Gasteiger partial charge in [-0.05, 0) is 53.2 Å². The van der Waals surface area contributed by atoms with Crippen molar-refractivity contribution >= 4 is 37.8 Å². The first-order chi connectivity index (χ1) is 8.72. The fourth-order valence-corrected chi connectivity index (χ4v) is 3.55. The van der Waals surface area contributed by atoms with Gasteiger partial charge in [-0.3, -0.25) is 4.79 Å². The number of hydrogen-bond acceptors (Lipinski definition) is 1. The van der Waals surface area contributed by atoms with E-state index in [2.05, 4.69) is 31.9 Å². The largest absolute Gasteiger partial charge is 0.338 e. The number of carbonyl (C=O) groups is 1. The minimum Gasteiger partial charge on any atom is -0.338 e. The summed E-state index contributed by atoms with van der Waals surface area (Å²) in [5, 5.41) is 1.02. The normalized spacial score (nSPS) is 19.9. The van der Waals surface area contributed by atoms with Gasteiger partial charge >= 0.3 is 0 Å². The molecule has 1 fully saturated rings. The van der Waals surface area contributed by atoms with Gasteiger partial charge in [0.2, 0.25) is 0 Å². The van der Waals surface area contributed by atoms with Crippen LogP contribution in [0.15, 0.2) is 28.7 Å². The van der Waals surface area contributed by atoms with E-state index in [0.717, 1.165) is 41.3 Å². The molecule has 1 saturated heterocycles. The van der Waals surface area contributed by atoms with Crippen molar-refractivity contribution in [3.63, 3.8) is 0 Å². The third-order valence-corrected chi connectivity index (χ3v) is 4.58. The van der Waals surface area contributed by atoms with E-state index in [-0.39, 0.29) is 5.91 Å². The SMILES string of the molecule is O=C(c1ccccc1Br)N1CCCC(CCBr)C1. The number of alkyl halides is 1. The van der Waals surface area contributed by atoms with Gasteiger partial charge in [-0.1, -0.05) is 28.1 Å². The summed E-state index contributed by atoms with van der Waals surface area (Å²) in [5.74, 6) is 0.798. The zero-order chi connectivity index (χ0) is 13.0. The first-order valence-corrected chi connectivity index (χ1v) is 8.23. The maximum atomic E-state index is 12.5. The molecule has 0 radical (unpaired) electrons. The van der Waals surface area contributed by atoms with E-state index in [1.807, 2.05) is 29.2 Å². The third-order valence-electron chi connectivity index (χ3n) is 3.43.